The van der Waals surface area contributed by atoms with Gasteiger partial charge in [-0.2, -0.15) is 0 Å². The van der Waals surface area contributed by atoms with Gasteiger partial charge in [0.25, 0.3) is 0 Å². The average Bonchev–Trinajstić information content (AvgIpc) is 2.81. The molecule has 0 amide bonds. The predicted octanol–water partition coefficient (Wildman–Crippen LogP) is 2.78. The molecule has 0 saturated heterocycles. The van der Waals surface area contributed by atoms with Crippen molar-refractivity contribution in [2.75, 3.05) is 20.1 Å². The largest absolute Gasteiger partial charge is 0.330 e. The van der Waals surface area contributed by atoms with Crippen LogP contribution in [0.4, 0.5) is 4.39 Å². The van der Waals surface area contributed by atoms with E-state index in [1.54, 1.807) is 0 Å². The average molecular weight is 250 g/mol. The van der Waals surface area contributed by atoms with Crippen LogP contribution in [0.2, 0.25) is 0 Å². The Morgan fingerprint density at radius 3 is 2.39 bits per heavy atom. The molecule has 0 aliphatic heterocycles. The summed E-state index contributed by atoms with van der Waals surface area (Å²) in [7, 11) is 2.12. The summed E-state index contributed by atoms with van der Waals surface area (Å²) in [6, 6.07) is 6.76. The van der Waals surface area contributed by atoms with Gasteiger partial charge >= 0.3 is 0 Å². The van der Waals surface area contributed by atoms with Crippen LogP contribution in [0.15, 0.2) is 24.3 Å². The third kappa shape index (κ3) is 3.30. The normalized spacial score (nSPS) is 18.4. The standard InChI is InChI=1S/C15H23FN2/c1-18(10-13-4-6-14(16)7-5-13)12-15(11-17)8-2-3-9-15/h4-7H,2-3,8-12,17H2,1H3. The lowest BCUT2D eigenvalue weighted by atomic mass is 9.86. The van der Waals surface area contributed by atoms with Gasteiger partial charge in [0.2, 0.25) is 0 Å². The third-order valence-electron chi connectivity index (χ3n) is 4.07. The highest BCUT2D eigenvalue weighted by Crippen LogP contribution is 2.37. The predicted molar refractivity (Wildman–Crippen MR) is 72.7 cm³/mol. The van der Waals surface area contributed by atoms with Crippen molar-refractivity contribution in [2.24, 2.45) is 11.1 Å². The quantitative estimate of drug-likeness (QED) is 0.870. The van der Waals surface area contributed by atoms with Crippen LogP contribution in [0.1, 0.15) is 31.2 Å². The van der Waals surface area contributed by atoms with Crippen LogP contribution in [0.3, 0.4) is 0 Å². The van der Waals surface area contributed by atoms with Crippen LogP contribution in [0, 0.1) is 11.2 Å². The molecule has 0 aromatic heterocycles. The van der Waals surface area contributed by atoms with Gasteiger partial charge in [0.05, 0.1) is 0 Å². The van der Waals surface area contributed by atoms with E-state index >= 15 is 0 Å². The van der Waals surface area contributed by atoms with Gasteiger partial charge in [0.1, 0.15) is 5.82 Å². The Morgan fingerprint density at radius 1 is 1.22 bits per heavy atom. The lowest BCUT2D eigenvalue weighted by Gasteiger charge is -2.32. The van der Waals surface area contributed by atoms with E-state index in [-0.39, 0.29) is 5.82 Å². The minimum atomic E-state index is -0.171. The smallest absolute Gasteiger partial charge is 0.123 e. The Hall–Kier alpha value is -0.930. The van der Waals surface area contributed by atoms with Crippen LogP contribution >= 0.6 is 0 Å². The SMILES string of the molecule is CN(Cc1ccc(F)cc1)CC1(CN)CCCC1. The molecule has 0 unspecified atom stereocenters. The van der Waals surface area contributed by atoms with Crippen molar-refractivity contribution in [3.05, 3.63) is 35.6 Å². The molecule has 3 heteroatoms. The molecule has 1 aliphatic carbocycles. The number of benzene rings is 1. The Bertz CT molecular complexity index is 369. The first-order valence-corrected chi connectivity index (χ1v) is 6.77. The van der Waals surface area contributed by atoms with E-state index < -0.39 is 0 Å². The summed E-state index contributed by atoms with van der Waals surface area (Å²) in [5, 5.41) is 0. The molecule has 1 aromatic carbocycles. The molecule has 1 aromatic rings. The molecule has 1 saturated carbocycles. The Morgan fingerprint density at radius 2 is 1.83 bits per heavy atom. The number of halogens is 1. The van der Waals surface area contributed by atoms with E-state index in [1.807, 2.05) is 12.1 Å². The monoisotopic (exact) mass is 250 g/mol. The van der Waals surface area contributed by atoms with Gasteiger partial charge in [-0.15, -0.1) is 0 Å². The van der Waals surface area contributed by atoms with E-state index in [2.05, 4.69) is 11.9 Å². The van der Waals surface area contributed by atoms with Crippen LogP contribution in [0.25, 0.3) is 0 Å². The summed E-state index contributed by atoms with van der Waals surface area (Å²) in [5.74, 6) is -0.171. The number of hydrogen-bond donors (Lipinski definition) is 1. The van der Waals surface area contributed by atoms with E-state index in [0.29, 0.717) is 5.41 Å². The fraction of sp³-hybridized carbons (Fsp3) is 0.600. The van der Waals surface area contributed by atoms with Gasteiger partial charge < -0.3 is 10.6 Å². The zero-order valence-corrected chi connectivity index (χ0v) is 11.2. The maximum Gasteiger partial charge on any atom is 0.123 e. The van der Waals surface area contributed by atoms with E-state index in [4.69, 9.17) is 5.73 Å². The zero-order chi connectivity index (χ0) is 13.0. The second-order valence-corrected chi connectivity index (χ2v) is 5.71. The minimum Gasteiger partial charge on any atom is -0.330 e. The van der Waals surface area contributed by atoms with Crippen molar-refractivity contribution in [2.45, 2.75) is 32.2 Å². The van der Waals surface area contributed by atoms with Crippen molar-refractivity contribution in [1.29, 1.82) is 0 Å². The molecule has 1 aliphatic rings. The molecular weight excluding hydrogens is 227 g/mol. The first kappa shape index (κ1) is 13.5. The van der Waals surface area contributed by atoms with Crippen molar-refractivity contribution < 1.29 is 4.39 Å². The summed E-state index contributed by atoms with van der Waals surface area (Å²) in [5.41, 5.74) is 7.42. The molecule has 0 spiro atoms. The fourth-order valence-electron chi connectivity index (χ4n) is 3.08. The highest BCUT2D eigenvalue weighted by atomic mass is 19.1. The number of nitrogens with two attached hydrogens (primary N) is 1. The molecule has 0 atom stereocenters. The topological polar surface area (TPSA) is 29.3 Å². The molecule has 100 valence electrons. The number of nitrogens with zero attached hydrogens (tertiary/aromatic N) is 1. The summed E-state index contributed by atoms with van der Waals surface area (Å²) < 4.78 is 12.8. The van der Waals surface area contributed by atoms with Crippen LogP contribution in [0.5, 0.6) is 0 Å². The Balaban J connectivity index is 1.91. The molecule has 2 N–H and O–H groups in total. The van der Waals surface area contributed by atoms with Crippen molar-refractivity contribution >= 4 is 0 Å². The van der Waals surface area contributed by atoms with Gasteiger partial charge in [0.15, 0.2) is 0 Å². The van der Waals surface area contributed by atoms with Gasteiger partial charge in [0, 0.05) is 13.1 Å². The lowest BCUT2D eigenvalue weighted by molar-refractivity contribution is 0.179. The summed E-state index contributed by atoms with van der Waals surface area (Å²) in [6.07, 6.45) is 5.11. The molecule has 0 radical (unpaired) electrons. The molecule has 2 rings (SSSR count). The maximum atomic E-state index is 12.8. The van der Waals surface area contributed by atoms with Gasteiger partial charge in [-0.25, -0.2) is 4.39 Å². The maximum absolute atomic E-state index is 12.8. The highest BCUT2D eigenvalue weighted by Gasteiger charge is 2.33. The first-order chi connectivity index (χ1) is 8.63. The van der Waals surface area contributed by atoms with E-state index in [9.17, 15) is 4.39 Å². The first-order valence-electron chi connectivity index (χ1n) is 6.77. The van der Waals surface area contributed by atoms with Crippen LogP contribution in [-0.4, -0.2) is 25.0 Å². The summed E-state index contributed by atoms with van der Waals surface area (Å²) in [4.78, 5) is 2.31. The van der Waals surface area contributed by atoms with Crippen molar-refractivity contribution in [3.8, 4) is 0 Å². The van der Waals surface area contributed by atoms with Gasteiger partial charge in [-0.1, -0.05) is 25.0 Å². The Labute approximate surface area is 109 Å². The van der Waals surface area contributed by atoms with Gasteiger partial charge in [-0.3, -0.25) is 0 Å². The molecule has 1 fully saturated rings. The third-order valence-corrected chi connectivity index (χ3v) is 4.07. The second-order valence-electron chi connectivity index (χ2n) is 5.71. The molecular formula is C15H23FN2. The van der Waals surface area contributed by atoms with E-state index in [1.165, 1.54) is 37.8 Å². The molecule has 18 heavy (non-hydrogen) atoms. The highest BCUT2D eigenvalue weighted by molar-refractivity contribution is 5.15. The second kappa shape index (κ2) is 5.81. The summed E-state index contributed by atoms with van der Waals surface area (Å²) >= 11 is 0. The Kier molecular flexibility index (Phi) is 4.36. The summed E-state index contributed by atoms with van der Waals surface area (Å²) in [6.45, 7) is 2.68. The fourth-order valence-corrected chi connectivity index (χ4v) is 3.08. The van der Waals surface area contributed by atoms with Crippen molar-refractivity contribution in [1.82, 2.24) is 4.90 Å². The number of rotatable bonds is 5. The molecule has 2 nitrogen and oxygen atoms in total. The van der Waals surface area contributed by atoms with Crippen molar-refractivity contribution in [3.63, 3.8) is 0 Å². The lowest BCUT2D eigenvalue weighted by Crippen LogP contribution is -2.39. The van der Waals surface area contributed by atoms with E-state index in [0.717, 1.165) is 25.2 Å². The minimum absolute atomic E-state index is 0.171. The molecule has 0 heterocycles. The zero-order valence-electron chi connectivity index (χ0n) is 11.2. The van der Waals surface area contributed by atoms with Crippen LogP contribution < -0.4 is 5.73 Å². The number of hydrogen-bond acceptors (Lipinski definition) is 2. The van der Waals surface area contributed by atoms with Gasteiger partial charge in [-0.05, 0) is 49.5 Å². The molecule has 0 bridgehead atoms. The van der Waals surface area contributed by atoms with Crippen LogP contribution in [-0.2, 0) is 6.54 Å².